The van der Waals surface area contributed by atoms with Crippen molar-refractivity contribution in [3.05, 3.63) is 95.3 Å². The van der Waals surface area contributed by atoms with Gasteiger partial charge in [0.2, 0.25) is 0 Å². The predicted molar refractivity (Wildman–Crippen MR) is 109 cm³/mol. The van der Waals surface area contributed by atoms with E-state index in [9.17, 15) is 27.2 Å². The number of hydrogen-bond donors (Lipinski definition) is 2. The van der Waals surface area contributed by atoms with Crippen molar-refractivity contribution in [1.82, 2.24) is 5.43 Å². The Labute approximate surface area is 179 Å². The monoisotopic (exact) mass is 445 g/mol. The van der Waals surface area contributed by atoms with E-state index < -0.39 is 29.7 Å². The topological polar surface area (TPSA) is 79.8 Å². The molecule has 0 aromatic heterocycles. The van der Waals surface area contributed by atoms with E-state index in [4.69, 9.17) is 0 Å². The molecule has 0 saturated heterocycles. The Balaban J connectivity index is 1.71. The van der Waals surface area contributed by atoms with Gasteiger partial charge in [0.25, 0.3) is 11.8 Å². The lowest BCUT2D eigenvalue weighted by atomic mass is 10.1. The lowest BCUT2D eigenvalue weighted by Gasteiger charge is -2.12. The second kappa shape index (κ2) is 9.73. The van der Waals surface area contributed by atoms with Crippen molar-refractivity contribution in [3.8, 4) is 5.75 Å². The fraction of sp³-hybridized carbons (Fsp3) is 0.0455. The second-order valence-electron chi connectivity index (χ2n) is 6.33. The normalized spacial score (nSPS) is 11.2. The van der Waals surface area contributed by atoms with E-state index in [1.54, 1.807) is 18.2 Å². The Morgan fingerprint density at radius 3 is 2.41 bits per heavy atom. The first-order valence-corrected chi connectivity index (χ1v) is 9.06. The number of hydrogen-bond acceptors (Lipinski definition) is 4. The van der Waals surface area contributed by atoms with Gasteiger partial charge in [-0.3, -0.25) is 9.59 Å². The van der Waals surface area contributed by atoms with Gasteiger partial charge in [-0.1, -0.05) is 30.3 Å². The summed E-state index contributed by atoms with van der Waals surface area (Å²) >= 11 is 0. The van der Waals surface area contributed by atoms with Crippen LogP contribution in [-0.2, 0) is 0 Å². The number of nitrogens with zero attached hydrogens (tertiary/aromatic N) is 1. The van der Waals surface area contributed by atoms with Crippen molar-refractivity contribution in [2.45, 2.75) is 6.36 Å². The molecule has 32 heavy (non-hydrogen) atoms. The maximum atomic E-state index is 13.2. The summed E-state index contributed by atoms with van der Waals surface area (Å²) < 4.78 is 54.2. The number of rotatable bonds is 6. The van der Waals surface area contributed by atoms with Crippen LogP contribution in [0.25, 0.3) is 0 Å². The average Bonchev–Trinajstić information content (AvgIpc) is 2.73. The van der Waals surface area contributed by atoms with Crippen LogP contribution in [0, 0.1) is 5.82 Å². The van der Waals surface area contributed by atoms with Gasteiger partial charge in [0.1, 0.15) is 11.6 Å². The number of para-hydroxylation sites is 1. The average molecular weight is 445 g/mol. The molecule has 6 nitrogen and oxygen atoms in total. The van der Waals surface area contributed by atoms with E-state index in [2.05, 4.69) is 20.6 Å². The van der Waals surface area contributed by atoms with Gasteiger partial charge in [0.15, 0.2) is 0 Å². The van der Waals surface area contributed by atoms with Crippen molar-refractivity contribution in [3.63, 3.8) is 0 Å². The van der Waals surface area contributed by atoms with Crippen LogP contribution in [0.4, 0.5) is 23.2 Å². The number of hydrazone groups is 1. The summed E-state index contributed by atoms with van der Waals surface area (Å²) in [6.07, 6.45) is -3.65. The maximum absolute atomic E-state index is 13.2. The lowest BCUT2D eigenvalue weighted by Crippen LogP contribution is -2.21. The van der Waals surface area contributed by atoms with Gasteiger partial charge >= 0.3 is 6.36 Å². The van der Waals surface area contributed by atoms with Gasteiger partial charge in [-0.15, -0.1) is 13.2 Å². The van der Waals surface area contributed by atoms with Crippen LogP contribution in [-0.4, -0.2) is 24.4 Å². The van der Waals surface area contributed by atoms with Gasteiger partial charge in [-0.2, -0.15) is 5.10 Å². The van der Waals surface area contributed by atoms with Crippen LogP contribution in [0.1, 0.15) is 26.3 Å². The molecule has 0 spiro atoms. The number of alkyl halides is 3. The molecule has 3 rings (SSSR count). The highest BCUT2D eigenvalue weighted by molar-refractivity contribution is 6.09. The van der Waals surface area contributed by atoms with Crippen molar-refractivity contribution >= 4 is 23.7 Å². The molecule has 0 heterocycles. The Bertz CT molecular complexity index is 1160. The summed E-state index contributed by atoms with van der Waals surface area (Å²) in [4.78, 5) is 24.9. The van der Waals surface area contributed by atoms with Gasteiger partial charge in [-0.25, -0.2) is 9.82 Å². The fourth-order valence-electron chi connectivity index (χ4n) is 2.63. The molecule has 0 radical (unpaired) electrons. The maximum Gasteiger partial charge on any atom is 0.573 e. The summed E-state index contributed by atoms with van der Waals surface area (Å²) in [6.45, 7) is 0. The predicted octanol–water partition coefficient (Wildman–Crippen LogP) is 4.74. The molecule has 2 amide bonds. The minimum Gasteiger partial charge on any atom is -0.406 e. The molecule has 0 fully saturated rings. The quantitative estimate of drug-likeness (QED) is 0.327. The Morgan fingerprint density at radius 2 is 1.66 bits per heavy atom. The first-order chi connectivity index (χ1) is 15.2. The standard InChI is InChI=1S/C22H15F4N3O3/c23-16-7-3-5-14(11-16)13-27-29-21(31)18-9-1-2-10-19(18)28-20(30)15-6-4-8-17(12-15)32-22(24,25)26/h1-13H,(H,28,30)(H,29,31). The Hall–Kier alpha value is -4.21. The second-order valence-corrected chi connectivity index (χ2v) is 6.33. The summed E-state index contributed by atoms with van der Waals surface area (Å²) in [7, 11) is 0. The number of ether oxygens (including phenoxy) is 1. The van der Waals surface area contributed by atoms with Crippen LogP contribution in [0.3, 0.4) is 0 Å². The van der Waals surface area contributed by atoms with Crippen molar-refractivity contribution < 1.29 is 31.9 Å². The van der Waals surface area contributed by atoms with E-state index in [-0.39, 0.29) is 16.8 Å². The molecule has 0 unspecified atom stereocenters. The molecule has 3 aromatic rings. The number of carbonyl (C=O) groups is 2. The number of amides is 2. The molecular weight excluding hydrogens is 430 g/mol. The van der Waals surface area contributed by atoms with Crippen LogP contribution in [0.5, 0.6) is 5.75 Å². The molecule has 10 heteroatoms. The molecule has 2 N–H and O–H groups in total. The van der Waals surface area contributed by atoms with E-state index in [0.29, 0.717) is 5.56 Å². The highest BCUT2D eigenvalue weighted by atomic mass is 19.4. The third-order valence-corrected chi connectivity index (χ3v) is 3.98. The minimum absolute atomic E-state index is 0.0555. The van der Waals surface area contributed by atoms with Gasteiger partial charge in [-0.05, 0) is 48.0 Å². The third kappa shape index (κ3) is 6.39. The zero-order valence-electron chi connectivity index (χ0n) is 16.2. The van der Waals surface area contributed by atoms with E-state index in [1.807, 2.05) is 0 Å². The molecule has 0 bridgehead atoms. The van der Waals surface area contributed by atoms with Crippen molar-refractivity contribution in [2.24, 2.45) is 5.10 Å². The summed E-state index contributed by atoms with van der Waals surface area (Å²) in [6, 6.07) is 16.1. The van der Waals surface area contributed by atoms with Crippen LogP contribution in [0.2, 0.25) is 0 Å². The highest BCUT2D eigenvalue weighted by Crippen LogP contribution is 2.24. The number of halogens is 4. The fourth-order valence-corrected chi connectivity index (χ4v) is 2.63. The zero-order valence-corrected chi connectivity index (χ0v) is 16.2. The Kier molecular flexibility index (Phi) is 6.83. The van der Waals surface area contributed by atoms with Crippen molar-refractivity contribution in [2.75, 3.05) is 5.32 Å². The molecule has 164 valence electrons. The Morgan fingerprint density at radius 1 is 0.906 bits per heavy atom. The van der Waals surface area contributed by atoms with E-state index in [1.165, 1.54) is 48.7 Å². The summed E-state index contributed by atoms with van der Waals surface area (Å²) in [5.41, 5.74) is 2.75. The molecular formula is C22H15F4N3O3. The molecule has 0 atom stereocenters. The highest BCUT2D eigenvalue weighted by Gasteiger charge is 2.31. The van der Waals surface area contributed by atoms with E-state index >= 15 is 0 Å². The molecule has 0 aliphatic heterocycles. The van der Waals surface area contributed by atoms with Gasteiger partial charge < -0.3 is 10.1 Å². The first kappa shape index (κ1) is 22.5. The molecule has 3 aromatic carbocycles. The number of benzene rings is 3. The molecule has 0 saturated carbocycles. The number of nitrogens with one attached hydrogen (secondary N) is 2. The van der Waals surface area contributed by atoms with Gasteiger partial charge in [0.05, 0.1) is 17.5 Å². The van der Waals surface area contributed by atoms with Crippen molar-refractivity contribution in [1.29, 1.82) is 0 Å². The zero-order chi connectivity index (χ0) is 23.1. The first-order valence-electron chi connectivity index (χ1n) is 9.06. The smallest absolute Gasteiger partial charge is 0.406 e. The number of anilines is 1. The third-order valence-electron chi connectivity index (χ3n) is 3.98. The largest absolute Gasteiger partial charge is 0.573 e. The molecule has 0 aliphatic rings. The minimum atomic E-state index is -4.90. The lowest BCUT2D eigenvalue weighted by molar-refractivity contribution is -0.274. The summed E-state index contributed by atoms with van der Waals surface area (Å²) in [5, 5.41) is 6.23. The van der Waals surface area contributed by atoms with Crippen LogP contribution < -0.4 is 15.5 Å². The van der Waals surface area contributed by atoms with Crippen LogP contribution in [0.15, 0.2) is 77.9 Å². The van der Waals surface area contributed by atoms with Crippen LogP contribution >= 0.6 is 0 Å². The SMILES string of the molecule is O=C(Nc1ccccc1C(=O)NN=Cc1cccc(F)c1)c1cccc(OC(F)(F)F)c1. The molecule has 0 aliphatic carbocycles. The van der Waals surface area contributed by atoms with Gasteiger partial charge in [0, 0.05) is 5.56 Å². The number of carbonyl (C=O) groups excluding carboxylic acids is 2. The van der Waals surface area contributed by atoms with E-state index in [0.717, 1.165) is 12.1 Å². The summed E-state index contributed by atoms with van der Waals surface area (Å²) in [5.74, 6) is -2.43.